The number of aryl methyl sites for hydroxylation is 2. The van der Waals surface area contributed by atoms with Gasteiger partial charge in [-0.25, -0.2) is 13.2 Å². The molecule has 0 bridgehead atoms. The van der Waals surface area contributed by atoms with Crippen molar-refractivity contribution in [3.8, 4) is 0 Å². The molecule has 0 spiro atoms. The Hall–Kier alpha value is -2.34. The first kappa shape index (κ1) is 18.5. The van der Waals surface area contributed by atoms with Crippen molar-refractivity contribution < 1.29 is 13.2 Å². The quantitative estimate of drug-likeness (QED) is 0.808. The van der Waals surface area contributed by atoms with Gasteiger partial charge in [0, 0.05) is 18.5 Å². The number of benzene rings is 2. The summed E-state index contributed by atoms with van der Waals surface area (Å²) in [5, 5.41) is 5.63. The first-order valence-corrected chi connectivity index (χ1v) is 10.7. The summed E-state index contributed by atoms with van der Waals surface area (Å²) in [6.07, 6.45) is 5.35. The summed E-state index contributed by atoms with van der Waals surface area (Å²) in [7, 11) is -3.29. The fourth-order valence-corrected chi connectivity index (χ4v) is 4.00. The number of urea groups is 1. The van der Waals surface area contributed by atoms with E-state index in [0.29, 0.717) is 18.2 Å². The van der Waals surface area contributed by atoms with Crippen LogP contribution in [0.4, 0.5) is 10.5 Å². The molecule has 0 aliphatic heterocycles. The summed E-state index contributed by atoms with van der Waals surface area (Å²) in [4.78, 5) is 12.3. The molecule has 0 saturated heterocycles. The highest BCUT2D eigenvalue weighted by molar-refractivity contribution is 7.90. The van der Waals surface area contributed by atoms with Gasteiger partial charge in [0.25, 0.3) is 0 Å². The Balaban J connectivity index is 1.52. The Morgan fingerprint density at radius 3 is 2.31 bits per heavy atom. The van der Waals surface area contributed by atoms with Crippen LogP contribution >= 0.6 is 0 Å². The van der Waals surface area contributed by atoms with Crippen LogP contribution in [-0.2, 0) is 22.7 Å². The normalized spacial score (nSPS) is 15.0. The van der Waals surface area contributed by atoms with Gasteiger partial charge in [0.15, 0.2) is 9.84 Å². The number of amides is 2. The van der Waals surface area contributed by atoms with Gasteiger partial charge in [0.2, 0.25) is 0 Å². The summed E-state index contributed by atoms with van der Waals surface area (Å²) >= 11 is 0. The molecule has 3 rings (SSSR count). The summed E-state index contributed by atoms with van der Waals surface area (Å²) < 4.78 is 23.2. The van der Waals surface area contributed by atoms with E-state index < -0.39 is 9.84 Å². The molecule has 2 amide bonds. The lowest BCUT2D eigenvalue weighted by molar-refractivity contribution is 0.249. The SMILES string of the molecule is CS(=O)(=O)c1cccc(NC(=O)NCC2CCc3ccccc3CC2)c1. The fourth-order valence-electron chi connectivity index (χ4n) is 3.33. The van der Waals surface area contributed by atoms with Gasteiger partial charge < -0.3 is 10.6 Å². The van der Waals surface area contributed by atoms with Crippen LogP contribution in [0.3, 0.4) is 0 Å². The first-order chi connectivity index (χ1) is 12.4. The van der Waals surface area contributed by atoms with Crippen molar-refractivity contribution in [1.29, 1.82) is 0 Å². The average Bonchev–Trinajstić information content (AvgIpc) is 2.82. The van der Waals surface area contributed by atoms with Gasteiger partial charge in [0.1, 0.15) is 0 Å². The summed E-state index contributed by atoms with van der Waals surface area (Å²) in [5.41, 5.74) is 3.30. The maximum absolute atomic E-state index is 12.1. The predicted molar refractivity (Wildman–Crippen MR) is 103 cm³/mol. The summed E-state index contributed by atoms with van der Waals surface area (Å²) in [5.74, 6) is 0.440. The number of carbonyl (C=O) groups excluding carboxylic acids is 1. The van der Waals surface area contributed by atoms with Crippen molar-refractivity contribution in [2.75, 3.05) is 18.1 Å². The van der Waals surface area contributed by atoms with Gasteiger partial charge in [-0.05, 0) is 60.9 Å². The van der Waals surface area contributed by atoms with Gasteiger partial charge in [0.05, 0.1) is 4.90 Å². The lowest BCUT2D eigenvalue weighted by Crippen LogP contribution is -2.33. The molecule has 138 valence electrons. The minimum atomic E-state index is -3.29. The number of hydrogen-bond donors (Lipinski definition) is 2. The highest BCUT2D eigenvalue weighted by atomic mass is 32.2. The number of hydrogen-bond acceptors (Lipinski definition) is 3. The van der Waals surface area contributed by atoms with Gasteiger partial charge in [-0.1, -0.05) is 30.3 Å². The van der Waals surface area contributed by atoms with E-state index in [0.717, 1.165) is 31.9 Å². The predicted octanol–water partition coefficient (Wildman–Crippen LogP) is 3.41. The zero-order chi connectivity index (χ0) is 18.6. The summed E-state index contributed by atoms with van der Waals surface area (Å²) in [6, 6.07) is 14.5. The van der Waals surface area contributed by atoms with Crippen molar-refractivity contribution in [2.45, 2.75) is 30.6 Å². The Morgan fingerprint density at radius 2 is 1.69 bits per heavy atom. The van der Waals surface area contributed by atoms with Gasteiger partial charge in [-0.3, -0.25) is 0 Å². The van der Waals surface area contributed by atoms with Crippen molar-refractivity contribution in [3.05, 3.63) is 59.7 Å². The average molecular weight is 372 g/mol. The number of nitrogens with one attached hydrogen (secondary N) is 2. The molecule has 0 unspecified atom stereocenters. The minimum absolute atomic E-state index is 0.192. The van der Waals surface area contributed by atoms with E-state index in [4.69, 9.17) is 0 Å². The smallest absolute Gasteiger partial charge is 0.319 e. The standard InChI is InChI=1S/C20H24N2O3S/c1-26(24,25)19-8-4-7-18(13-19)22-20(23)21-14-15-9-11-16-5-2-3-6-17(16)12-10-15/h2-8,13,15H,9-12,14H2,1H3,(H2,21,22,23). The second-order valence-electron chi connectivity index (χ2n) is 6.85. The van der Waals surface area contributed by atoms with E-state index in [1.807, 2.05) is 0 Å². The molecule has 0 aromatic heterocycles. The van der Waals surface area contributed by atoms with E-state index >= 15 is 0 Å². The summed E-state index contributed by atoms with van der Waals surface area (Å²) in [6.45, 7) is 0.617. The molecular weight excluding hydrogens is 348 g/mol. The number of anilines is 1. The Labute approximate surface area is 154 Å². The third-order valence-electron chi connectivity index (χ3n) is 4.83. The Morgan fingerprint density at radius 1 is 1.04 bits per heavy atom. The molecule has 0 heterocycles. The molecule has 2 aromatic rings. The number of sulfone groups is 1. The van der Waals surface area contributed by atoms with Crippen molar-refractivity contribution in [1.82, 2.24) is 5.32 Å². The van der Waals surface area contributed by atoms with Crippen LogP contribution in [0.2, 0.25) is 0 Å². The molecule has 0 atom stereocenters. The maximum atomic E-state index is 12.1. The fraction of sp³-hybridized carbons (Fsp3) is 0.350. The minimum Gasteiger partial charge on any atom is -0.338 e. The highest BCUT2D eigenvalue weighted by Gasteiger charge is 2.17. The molecule has 26 heavy (non-hydrogen) atoms. The molecular formula is C20H24N2O3S. The van der Waals surface area contributed by atoms with Crippen molar-refractivity contribution in [2.24, 2.45) is 5.92 Å². The number of carbonyl (C=O) groups is 1. The third-order valence-corrected chi connectivity index (χ3v) is 5.94. The van der Waals surface area contributed by atoms with E-state index in [1.54, 1.807) is 12.1 Å². The molecule has 2 aromatic carbocycles. The molecule has 2 N–H and O–H groups in total. The zero-order valence-electron chi connectivity index (χ0n) is 14.9. The second-order valence-corrected chi connectivity index (χ2v) is 8.86. The van der Waals surface area contributed by atoms with E-state index in [-0.39, 0.29) is 10.9 Å². The zero-order valence-corrected chi connectivity index (χ0v) is 15.7. The lowest BCUT2D eigenvalue weighted by atomic mass is 10.00. The third kappa shape index (κ3) is 4.85. The van der Waals surface area contributed by atoms with Crippen LogP contribution in [0.5, 0.6) is 0 Å². The van der Waals surface area contributed by atoms with E-state index in [9.17, 15) is 13.2 Å². The monoisotopic (exact) mass is 372 g/mol. The van der Waals surface area contributed by atoms with Gasteiger partial charge in [-0.15, -0.1) is 0 Å². The number of rotatable bonds is 4. The highest BCUT2D eigenvalue weighted by Crippen LogP contribution is 2.24. The first-order valence-electron chi connectivity index (χ1n) is 8.83. The van der Waals surface area contributed by atoms with Crippen LogP contribution < -0.4 is 10.6 Å². The van der Waals surface area contributed by atoms with Crippen LogP contribution in [0.25, 0.3) is 0 Å². The van der Waals surface area contributed by atoms with Gasteiger partial charge in [-0.2, -0.15) is 0 Å². The molecule has 6 heteroatoms. The topological polar surface area (TPSA) is 75.3 Å². The number of fused-ring (bicyclic) bond motifs is 1. The van der Waals surface area contributed by atoms with E-state index in [2.05, 4.69) is 34.9 Å². The Kier molecular flexibility index (Phi) is 5.61. The van der Waals surface area contributed by atoms with E-state index in [1.165, 1.54) is 23.3 Å². The molecule has 0 radical (unpaired) electrons. The van der Waals surface area contributed by atoms with Crippen LogP contribution in [0.1, 0.15) is 24.0 Å². The van der Waals surface area contributed by atoms with Crippen molar-refractivity contribution in [3.63, 3.8) is 0 Å². The van der Waals surface area contributed by atoms with Crippen LogP contribution in [0, 0.1) is 5.92 Å². The maximum Gasteiger partial charge on any atom is 0.319 e. The molecule has 5 nitrogen and oxygen atoms in total. The largest absolute Gasteiger partial charge is 0.338 e. The van der Waals surface area contributed by atoms with Crippen LogP contribution in [-0.4, -0.2) is 27.2 Å². The molecule has 0 fully saturated rings. The van der Waals surface area contributed by atoms with Crippen molar-refractivity contribution >= 4 is 21.6 Å². The van der Waals surface area contributed by atoms with Crippen LogP contribution in [0.15, 0.2) is 53.4 Å². The molecule has 0 saturated carbocycles. The van der Waals surface area contributed by atoms with Gasteiger partial charge >= 0.3 is 6.03 Å². The molecule has 1 aliphatic carbocycles. The lowest BCUT2D eigenvalue weighted by Gasteiger charge is -2.15. The second kappa shape index (κ2) is 7.91. The Bertz CT molecular complexity index is 866. The molecule has 1 aliphatic rings.